The average Bonchev–Trinajstić information content (AvgIpc) is 2.62. The number of esters is 1. The number of thioether (sulfide) groups is 1. The Kier molecular flexibility index (Phi) is 7.43. The van der Waals surface area contributed by atoms with Crippen molar-refractivity contribution in [2.24, 2.45) is 0 Å². The van der Waals surface area contributed by atoms with Gasteiger partial charge in [0, 0.05) is 23.5 Å². The van der Waals surface area contributed by atoms with Crippen molar-refractivity contribution < 1.29 is 14.3 Å². The average molecular weight is 342 g/mol. The van der Waals surface area contributed by atoms with Crippen molar-refractivity contribution in [2.75, 3.05) is 19.5 Å². The highest BCUT2D eigenvalue weighted by Crippen LogP contribution is 2.31. The van der Waals surface area contributed by atoms with E-state index < -0.39 is 0 Å². The molecule has 126 valence electrons. The van der Waals surface area contributed by atoms with Crippen LogP contribution in [0.4, 0.5) is 0 Å². The first-order valence-corrected chi connectivity index (χ1v) is 8.86. The van der Waals surface area contributed by atoms with E-state index in [1.165, 1.54) is 12.5 Å². The SMILES string of the molecule is COc1ccccc1/C=C/C(SCCOC(C)=O)c1ccccc1. The van der Waals surface area contributed by atoms with Crippen LogP contribution < -0.4 is 4.74 Å². The molecule has 1 unspecified atom stereocenters. The van der Waals surface area contributed by atoms with E-state index in [1.54, 1.807) is 18.9 Å². The van der Waals surface area contributed by atoms with E-state index in [0.717, 1.165) is 17.1 Å². The Morgan fingerprint density at radius 1 is 1.12 bits per heavy atom. The molecule has 3 nitrogen and oxygen atoms in total. The molecule has 2 aromatic carbocycles. The monoisotopic (exact) mass is 342 g/mol. The highest BCUT2D eigenvalue weighted by molar-refractivity contribution is 7.99. The van der Waals surface area contributed by atoms with Crippen LogP contribution in [0.3, 0.4) is 0 Å². The van der Waals surface area contributed by atoms with E-state index in [2.05, 4.69) is 24.3 Å². The third kappa shape index (κ3) is 5.78. The van der Waals surface area contributed by atoms with Gasteiger partial charge in [-0.15, -0.1) is 11.8 Å². The Balaban J connectivity index is 2.10. The van der Waals surface area contributed by atoms with Crippen LogP contribution in [0, 0.1) is 0 Å². The molecule has 0 spiro atoms. The number of hydrogen-bond donors (Lipinski definition) is 0. The van der Waals surface area contributed by atoms with Gasteiger partial charge in [0.25, 0.3) is 0 Å². The highest BCUT2D eigenvalue weighted by atomic mass is 32.2. The first-order valence-electron chi connectivity index (χ1n) is 7.82. The van der Waals surface area contributed by atoms with E-state index in [0.29, 0.717) is 6.61 Å². The van der Waals surface area contributed by atoms with Crippen molar-refractivity contribution in [1.82, 2.24) is 0 Å². The largest absolute Gasteiger partial charge is 0.496 e. The summed E-state index contributed by atoms with van der Waals surface area (Å²) in [7, 11) is 1.68. The smallest absolute Gasteiger partial charge is 0.302 e. The van der Waals surface area contributed by atoms with E-state index in [9.17, 15) is 4.79 Å². The van der Waals surface area contributed by atoms with Gasteiger partial charge in [0.1, 0.15) is 12.4 Å². The number of methoxy groups -OCH3 is 1. The van der Waals surface area contributed by atoms with Gasteiger partial charge in [0.2, 0.25) is 0 Å². The molecule has 0 aliphatic carbocycles. The molecule has 0 aliphatic heterocycles. The van der Waals surface area contributed by atoms with Gasteiger partial charge >= 0.3 is 5.97 Å². The van der Waals surface area contributed by atoms with Gasteiger partial charge in [-0.2, -0.15) is 0 Å². The minimum atomic E-state index is -0.239. The summed E-state index contributed by atoms with van der Waals surface area (Å²) in [6.45, 7) is 1.85. The van der Waals surface area contributed by atoms with E-state index >= 15 is 0 Å². The summed E-state index contributed by atoms with van der Waals surface area (Å²) in [5.41, 5.74) is 2.26. The number of carbonyl (C=O) groups is 1. The van der Waals surface area contributed by atoms with Crippen LogP contribution in [0.1, 0.15) is 23.3 Å². The third-order valence-electron chi connectivity index (χ3n) is 3.40. The fourth-order valence-corrected chi connectivity index (χ4v) is 3.23. The summed E-state index contributed by atoms with van der Waals surface area (Å²) < 4.78 is 10.4. The normalized spacial score (nSPS) is 12.1. The molecular formula is C20H22O3S. The molecule has 0 aliphatic rings. The number of rotatable bonds is 8. The molecule has 0 heterocycles. The maximum Gasteiger partial charge on any atom is 0.302 e. The molecule has 4 heteroatoms. The molecule has 0 bridgehead atoms. The molecule has 2 rings (SSSR count). The molecule has 0 saturated carbocycles. The Morgan fingerprint density at radius 2 is 1.83 bits per heavy atom. The zero-order valence-corrected chi connectivity index (χ0v) is 14.8. The van der Waals surface area contributed by atoms with Crippen LogP contribution in [0.2, 0.25) is 0 Å². The number of carbonyl (C=O) groups excluding carboxylic acids is 1. The Bertz CT molecular complexity index is 668. The number of hydrogen-bond acceptors (Lipinski definition) is 4. The molecule has 0 fully saturated rings. The van der Waals surface area contributed by atoms with E-state index in [4.69, 9.17) is 9.47 Å². The lowest BCUT2D eigenvalue weighted by atomic mass is 10.1. The Hall–Kier alpha value is -2.20. The number of benzene rings is 2. The lowest BCUT2D eigenvalue weighted by Gasteiger charge is -2.13. The molecule has 2 aromatic rings. The summed E-state index contributed by atoms with van der Waals surface area (Å²) >= 11 is 1.74. The van der Waals surface area contributed by atoms with Gasteiger partial charge in [0.05, 0.1) is 7.11 Å². The van der Waals surface area contributed by atoms with Crippen molar-refractivity contribution in [3.05, 3.63) is 71.8 Å². The van der Waals surface area contributed by atoms with E-state index in [-0.39, 0.29) is 11.2 Å². The minimum Gasteiger partial charge on any atom is -0.496 e. The lowest BCUT2D eigenvalue weighted by molar-refractivity contribution is -0.140. The molecular weight excluding hydrogens is 320 g/mol. The standard InChI is InChI=1S/C20H22O3S/c1-16(21)23-14-15-24-20(18-9-4-3-5-10-18)13-12-17-8-6-7-11-19(17)22-2/h3-13,20H,14-15H2,1-2H3/b13-12+. The lowest BCUT2D eigenvalue weighted by Crippen LogP contribution is -2.03. The summed E-state index contributed by atoms with van der Waals surface area (Å²) in [5.74, 6) is 1.36. The molecule has 0 amide bonds. The Labute approximate surface area is 147 Å². The second-order valence-corrected chi connectivity index (χ2v) is 6.39. The zero-order valence-electron chi connectivity index (χ0n) is 14.0. The van der Waals surface area contributed by atoms with Crippen molar-refractivity contribution in [3.8, 4) is 5.75 Å². The summed E-state index contributed by atoms with van der Waals surface area (Å²) in [6, 6.07) is 18.2. The van der Waals surface area contributed by atoms with Gasteiger partial charge in [0.15, 0.2) is 0 Å². The molecule has 0 aromatic heterocycles. The second-order valence-electron chi connectivity index (χ2n) is 5.14. The third-order valence-corrected chi connectivity index (χ3v) is 4.59. The predicted molar refractivity (Wildman–Crippen MR) is 100 cm³/mol. The van der Waals surface area contributed by atoms with E-state index in [1.807, 2.05) is 42.5 Å². The molecule has 1 atom stereocenters. The maximum absolute atomic E-state index is 10.9. The molecule has 0 radical (unpaired) electrons. The fraction of sp³-hybridized carbons (Fsp3) is 0.250. The van der Waals surface area contributed by atoms with Gasteiger partial charge in [-0.1, -0.05) is 60.7 Å². The Morgan fingerprint density at radius 3 is 2.54 bits per heavy atom. The van der Waals surface area contributed by atoms with Gasteiger partial charge in [-0.25, -0.2) is 0 Å². The van der Waals surface area contributed by atoms with Crippen molar-refractivity contribution in [2.45, 2.75) is 12.2 Å². The van der Waals surface area contributed by atoms with Crippen LogP contribution in [0.15, 0.2) is 60.7 Å². The van der Waals surface area contributed by atoms with Crippen LogP contribution in [-0.2, 0) is 9.53 Å². The van der Waals surface area contributed by atoms with Crippen LogP contribution in [-0.4, -0.2) is 25.4 Å². The van der Waals surface area contributed by atoms with Crippen LogP contribution in [0.5, 0.6) is 5.75 Å². The van der Waals surface area contributed by atoms with Crippen LogP contribution >= 0.6 is 11.8 Å². The van der Waals surface area contributed by atoms with Crippen LogP contribution in [0.25, 0.3) is 6.08 Å². The molecule has 24 heavy (non-hydrogen) atoms. The van der Waals surface area contributed by atoms with Crippen molar-refractivity contribution in [1.29, 1.82) is 0 Å². The van der Waals surface area contributed by atoms with Gasteiger partial charge < -0.3 is 9.47 Å². The first kappa shape index (κ1) is 18.1. The van der Waals surface area contributed by atoms with Gasteiger partial charge in [-0.05, 0) is 11.6 Å². The topological polar surface area (TPSA) is 35.5 Å². The molecule has 0 N–H and O–H groups in total. The minimum absolute atomic E-state index is 0.187. The molecule has 0 saturated heterocycles. The first-order chi connectivity index (χ1) is 11.7. The predicted octanol–water partition coefficient (Wildman–Crippen LogP) is 4.75. The maximum atomic E-state index is 10.9. The number of ether oxygens (including phenoxy) is 2. The zero-order chi connectivity index (χ0) is 17.2. The summed E-state index contributed by atoms with van der Waals surface area (Å²) in [5, 5.41) is 0.187. The summed E-state index contributed by atoms with van der Waals surface area (Å²) in [6.07, 6.45) is 4.24. The van der Waals surface area contributed by atoms with Crippen molar-refractivity contribution in [3.63, 3.8) is 0 Å². The summed E-state index contributed by atoms with van der Waals surface area (Å²) in [4.78, 5) is 10.9. The quantitative estimate of drug-likeness (QED) is 0.512. The fourth-order valence-electron chi connectivity index (χ4n) is 2.26. The van der Waals surface area contributed by atoms with Crippen molar-refractivity contribution >= 4 is 23.8 Å². The van der Waals surface area contributed by atoms with Gasteiger partial charge in [-0.3, -0.25) is 4.79 Å². The second kappa shape index (κ2) is 9.83. The number of para-hydroxylation sites is 1. The highest BCUT2D eigenvalue weighted by Gasteiger charge is 2.09.